The van der Waals surface area contributed by atoms with E-state index < -0.39 is 19.2 Å². The van der Waals surface area contributed by atoms with Crippen LogP contribution >= 0.6 is 0 Å². The molecule has 0 saturated heterocycles. The van der Waals surface area contributed by atoms with Crippen LogP contribution < -0.4 is 29.6 Å². The molecule has 0 heterocycles. The summed E-state index contributed by atoms with van der Waals surface area (Å²) in [5.74, 6) is 0. The van der Waals surface area contributed by atoms with Gasteiger partial charge in [0.15, 0.2) is 0 Å². The Morgan fingerprint density at radius 1 is 1.00 bits per heavy atom. The normalized spacial score (nSPS) is 10.8. The van der Waals surface area contributed by atoms with Gasteiger partial charge in [-0.2, -0.15) is 0 Å². The second kappa shape index (κ2) is 7.50. The summed E-state index contributed by atoms with van der Waals surface area (Å²) in [6.07, 6.45) is 0. The molecular formula is C6H9NaO7SSi. The third-order valence-electron chi connectivity index (χ3n) is 1.03. The summed E-state index contributed by atoms with van der Waals surface area (Å²) in [5.41, 5.74) is 0. The van der Waals surface area contributed by atoms with E-state index in [2.05, 4.69) is 0 Å². The fraction of sp³-hybridized carbons (Fsp3) is 0. The number of hydrogen-bond donors (Lipinski definition) is 4. The molecule has 86 valence electrons. The van der Waals surface area contributed by atoms with Crippen molar-refractivity contribution in [3.05, 3.63) is 30.3 Å². The SMILES string of the molecule is O=S(=O)([O-])c1ccccc1.O[Si](O)(O)O.[Na+]. The van der Waals surface area contributed by atoms with Crippen LogP contribution in [-0.4, -0.2) is 41.2 Å². The molecule has 0 bridgehead atoms. The van der Waals surface area contributed by atoms with Crippen molar-refractivity contribution in [1.82, 2.24) is 0 Å². The van der Waals surface area contributed by atoms with Crippen molar-refractivity contribution in [3.8, 4) is 0 Å². The molecule has 0 unspecified atom stereocenters. The zero-order valence-corrected chi connectivity index (χ0v) is 12.1. The monoisotopic (exact) mass is 276 g/mol. The van der Waals surface area contributed by atoms with Gasteiger partial charge in [0, 0.05) is 0 Å². The van der Waals surface area contributed by atoms with Gasteiger partial charge in [0.05, 0.1) is 4.90 Å². The number of hydrogen-bond acceptors (Lipinski definition) is 7. The molecule has 0 fully saturated rings. The molecule has 0 atom stereocenters. The second-order valence-electron chi connectivity index (χ2n) is 2.37. The predicted octanol–water partition coefficient (Wildman–Crippen LogP) is -5.01. The summed E-state index contributed by atoms with van der Waals surface area (Å²) in [7, 11) is -8.86. The van der Waals surface area contributed by atoms with Crippen LogP contribution in [0.4, 0.5) is 0 Å². The average Bonchev–Trinajstić information content (AvgIpc) is 2.01. The smallest absolute Gasteiger partial charge is 0.744 e. The van der Waals surface area contributed by atoms with E-state index in [0.717, 1.165) is 0 Å². The van der Waals surface area contributed by atoms with Crippen LogP contribution in [0.2, 0.25) is 0 Å². The summed E-state index contributed by atoms with van der Waals surface area (Å²) in [6, 6.07) is 7.19. The van der Waals surface area contributed by atoms with Crippen LogP contribution in [-0.2, 0) is 10.1 Å². The van der Waals surface area contributed by atoms with Crippen molar-refractivity contribution in [2.24, 2.45) is 0 Å². The first kappa shape index (κ1) is 18.5. The molecule has 0 saturated carbocycles. The molecule has 0 spiro atoms. The van der Waals surface area contributed by atoms with Crippen LogP contribution in [0.15, 0.2) is 35.2 Å². The molecule has 1 aromatic carbocycles. The summed E-state index contributed by atoms with van der Waals surface area (Å²) in [5, 5.41) is 0. The van der Waals surface area contributed by atoms with Crippen molar-refractivity contribution in [2.45, 2.75) is 4.90 Å². The minimum absolute atomic E-state index is 0. The van der Waals surface area contributed by atoms with E-state index in [1.54, 1.807) is 6.07 Å². The van der Waals surface area contributed by atoms with Crippen molar-refractivity contribution in [3.63, 3.8) is 0 Å². The topological polar surface area (TPSA) is 138 Å². The largest absolute Gasteiger partial charge is 1.00 e. The quantitative estimate of drug-likeness (QED) is 0.297. The molecule has 0 aliphatic rings. The first-order valence-electron chi connectivity index (χ1n) is 3.51. The van der Waals surface area contributed by atoms with Crippen molar-refractivity contribution < 1.29 is 61.7 Å². The molecule has 16 heavy (non-hydrogen) atoms. The first-order valence-corrected chi connectivity index (χ1v) is 6.71. The van der Waals surface area contributed by atoms with Gasteiger partial charge in [-0.15, -0.1) is 0 Å². The Balaban J connectivity index is 0. The van der Waals surface area contributed by atoms with Crippen LogP contribution in [0.3, 0.4) is 0 Å². The molecule has 0 aliphatic heterocycles. The van der Waals surface area contributed by atoms with E-state index in [-0.39, 0.29) is 34.5 Å². The Morgan fingerprint density at radius 2 is 1.31 bits per heavy atom. The standard InChI is InChI=1S/C6H6O3S.Na.H4O4Si/c7-10(8,9)6-4-2-1-3-5-6;;1-5(2,3)4/h1-5H,(H,7,8,9);;1-4H/q;+1;/p-1. The number of benzene rings is 1. The van der Waals surface area contributed by atoms with Crippen molar-refractivity contribution >= 4 is 19.2 Å². The van der Waals surface area contributed by atoms with Crippen LogP contribution in [0, 0.1) is 0 Å². The van der Waals surface area contributed by atoms with Gasteiger partial charge in [-0.1, -0.05) is 18.2 Å². The van der Waals surface area contributed by atoms with E-state index in [0.29, 0.717) is 0 Å². The molecule has 4 N–H and O–H groups in total. The average molecular weight is 276 g/mol. The van der Waals surface area contributed by atoms with Crippen LogP contribution in [0.5, 0.6) is 0 Å². The van der Waals surface area contributed by atoms with E-state index in [1.807, 2.05) is 0 Å². The molecule has 1 rings (SSSR count). The minimum atomic E-state index is -4.61. The Hall–Kier alpha value is 0.187. The molecule has 10 heteroatoms. The summed E-state index contributed by atoms with van der Waals surface area (Å²) >= 11 is 0. The molecule has 0 aliphatic carbocycles. The predicted molar refractivity (Wildman–Crippen MR) is 49.0 cm³/mol. The van der Waals surface area contributed by atoms with Gasteiger partial charge in [0.25, 0.3) is 0 Å². The maximum absolute atomic E-state index is 10.3. The molecule has 0 aromatic heterocycles. The Bertz CT molecular complexity index is 381. The van der Waals surface area contributed by atoms with Gasteiger partial charge in [0.1, 0.15) is 10.1 Å². The van der Waals surface area contributed by atoms with Crippen molar-refractivity contribution in [1.29, 1.82) is 0 Å². The van der Waals surface area contributed by atoms with Gasteiger partial charge in [-0.25, -0.2) is 8.42 Å². The van der Waals surface area contributed by atoms with Gasteiger partial charge >= 0.3 is 38.6 Å². The summed E-state index contributed by atoms with van der Waals surface area (Å²) in [6.45, 7) is 0. The first-order chi connectivity index (χ1) is 6.61. The van der Waals surface area contributed by atoms with Crippen molar-refractivity contribution in [2.75, 3.05) is 0 Å². The number of rotatable bonds is 1. The van der Waals surface area contributed by atoms with Gasteiger partial charge in [-0.3, -0.25) is 0 Å². The van der Waals surface area contributed by atoms with E-state index in [9.17, 15) is 13.0 Å². The molecule has 0 amide bonds. The summed E-state index contributed by atoms with van der Waals surface area (Å²) in [4.78, 5) is 29.1. The Morgan fingerprint density at radius 3 is 1.50 bits per heavy atom. The molecule has 1 aromatic rings. The third-order valence-corrected chi connectivity index (χ3v) is 1.88. The zero-order chi connectivity index (χ0) is 12.1. The molecule has 7 nitrogen and oxygen atoms in total. The molecule has 0 radical (unpaired) electrons. The molecular weight excluding hydrogens is 267 g/mol. The third kappa shape index (κ3) is 12.3. The van der Waals surface area contributed by atoms with E-state index in [4.69, 9.17) is 19.2 Å². The zero-order valence-electron chi connectivity index (χ0n) is 8.31. The fourth-order valence-corrected chi connectivity index (χ4v) is 1.08. The van der Waals surface area contributed by atoms with E-state index in [1.165, 1.54) is 24.3 Å². The van der Waals surface area contributed by atoms with Crippen LogP contribution in [0.1, 0.15) is 0 Å². The Kier molecular flexibility index (Phi) is 8.70. The summed E-state index contributed by atoms with van der Waals surface area (Å²) < 4.78 is 30.8. The minimum Gasteiger partial charge on any atom is -0.744 e. The van der Waals surface area contributed by atoms with E-state index >= 15 is 0 Å². The van der Waals surface area contributed by atoms with Gasteiger partial charge < -0.3 is 23.7 Å². The second-order valence-corrected chi connectivity index (χ2v) is 4.95. The van der Waals surface area contributed by atoms with Crippen LogP contribution in [0.25, 0.3) is 0 Å². The maximum Gasteiger partial charge on any atom is 1.00 e. The fourth-order valence-electron chi connectivity index (χ4n) is 0.587. The van der Waals surface area contributed by atoms with Gasteiger partial charge in [-0.05, 0) is 12.1 Å². The van der Waals surface area contributed by atoms with Gasteiger partial charge in [0.2, 0.25) is 0 Å². The Labute approximate surface area is 116 Å². The maximum atomic E-state index is 10.3.